The molecule has 1 heterocycles. The topological polar surface area (TPSA) is 111 Å². The van der Waals surface area contributed by atoms with Crippen molar-refractivity contribution in [2.45, 2.75) is 57.7 Å². The maximum atomic E-state index is 13.7. The van der Waals surface area contributed by atoms with Crippen molar-refractivity contribution < 1.29 is 18.3 Å². The lowest BCUT2D eigenvalue weighted by atomic mass is 9.96. The van der Waals surface area contributed by atoms with Crippen molar-refractivity contribution in [1.29, 1.82) is 0 Å². The lowest BCUT2D eigenvalue weighted by molar-refractivity contribution is 0.0827. The number of nitrogens with zero attached hydrogens (tertiary/aromatic N) is 1. The Morgan fingerprint density at radius 3 is 2.37 bits per heavy atom. The number of nitrogens with one attached hydrogen (secondary N) is 3. The molecule has 41 heavy (non-hydrogen) atoms. The van der Waals surface area contributed by atoms with Gasteiger partial charge in [0.05, 0.1) is 23.6 Å². The number of hydrogen-bond acceptors (Lipinski definition) is 6. The third kappa shape index (κ3) is 8.31. The second kappa shape index (κ2) is 14.0. The molecule has 8 nitrogen and oxygen atoms in total. The standard InChI is InChI=1S/C32H42N4O4S/c1-4-33-28-18-27(32(38)35-30(31(37)21-34-23(2)3)17-24-11-7-5-8-12-24)19-29(20-28)36-22-26(15-16-41(36,39)40)25-13-9-6-10-14-25/h5-14,18-20,23,26,30-31,33-34,37H,4,15-17,21-22H2,1-3H3,(H,35,38)/t26?,30-,31+/m0/s1. The van der Waals surface area contributed by atoms with E-state index in [2.05, 4.69) is 16.0 Å². The molecular formula is C32H42N4O4S. The summed E-state index contributed by atoms with van der Waals surface area (Å²) in [7, 11) is -3.56. The summed E-state index contributed by atoms with van der Waals surface area (Å²) in [4.78, 5) is 13.7. The van der Waals surface area contributed by atoms with Gasteiger partial charge >= 0.3 is 0 Å². The van der Waals surface area contributed by atoms with Gasteiger partial charge in [-0.15, -0.1) is 0 Å². The summed E-state index contributed by atoms with van der Waals surface area (Å²) in [5, 5.41) is 20.6. The highest BCUT2D eigenvalue weighted by atomic mass is 32.2. The second-order valence-corrected chi connectivity index (χ2v) is 13.0. The molecule has 220 valence electrons. The summed E-state index contributed by atoms with van der Waals surface area (Å²) in [6, 6.07) is 24.5. The number of carbonyl (C=O) groups excluding carboxylic acids is 1. The van der Waals surface area contributed by atoms with Crippen molar-refractivity contribution in [2.75, 3.05) is 35.0 Å². The minimum Gasteiger partial charge on any atom is -0.390 e. The van der Waals surface area contributed by atoms with Crippen molar-refractivity contribution >= 4 is 27.3 Å². The fourth-order valence-corrected chi connectivity index (χ4v) is 6.80. The molecule has 0 bridgehead atoms. The van der Waals surface area contributed by atoms with Gasteiger partial charge in [-0.2, -0.15) is 0 Å². The van der Waals surface area contributed by atoms with Crippen LogP contribution >= 0.6 is 0 Å². The van der Waals surface area contributed by atoms with Crippen molar-refractivity contribution in [1.82, 2.24) is 10.6 Å². The molecule has 3 atom stereocenters. The normalized spacial score (nSPS) is 18.1. The molecule has 1 aliphatic heterocycles. The van der Waals surface area contributed by atoms with Crippen LogP contribution in [0.1, 0.15) is 54.6 Å². The Kier molecular flexibility index (Phi) is 10.4. The Morgan fingerprint density at radius 2 is 1.71 bits per heavy atom. The Hall–Kier alpha value is -3.40. The van der Waals surface area contributed by atoms with Gasteiger partial charge in [0.25, 0.3) is 5.91 Å². The zero-order valence-corrected chi connectivity index (χ0v) is 24.9. The third-order valence-corrected chi connectivity index (χ3v) is 9.16. The Balaban J connectivity index is 1.63. The van der Waals surface area contributed by atoms with E-state index < -0.39 is 22.2 Å². The monoisotopic (exact) mass is 578 g/mol. The van der Waals surface area contributed by atoms with Crippen molar-refractivity contribution in [2.24, 2.45) is 0 Å². The molecule has 4 rings (SSSR count). The van der Waals surface area contributed by atoms with Crippen LogP contribution in [0.3, 0.4) is 0 Å². The molecule has 0 saturated carbocycles. The molecule has 3 aromatic rings. The van der Waals surface area contributed by atoms with Gasteiger partial charge in [0.1, 0.15) is 0 Å². The summed E-state index contributed by atoms with van der Waals surface area (Å²) in [6.07, 6.45) is 0.172. The molecule has 0 aliphatic carbocycles. The lowest BCUT2D eigenvalue weighted by Gasteiger charge is -2.34. The average molecular weight is 579 g/mol. The number of anilines is 2. The largest absolute Gasteiger partial charge is 0.390 e. The number of carbonyl (C=O) groups is 1. The number of aliphatic hydroxyl groups excluding tert-OH is 1. The molecular weight excluding hydrogens is 536 g/mol. The van der Waals surface area contributed by atoms with E-state index in [-0.39, 0.29) is 23.6 Å². The molecule has 1 saturated heterocycles. The van der Waals surface area contributed by atoms with Crippen LogP contribution in [0.4, 0.5) is 11.4 Å². The van der Waals surface area contributed by atoms with Gasteiger partial charge in [-0.3, -0.25) is 9.10 Å². The van der Waals surface area contributed by atoms with Crippen LogP contribution in [0.5, 0.6) is 0 Å². The first-order valence-corrected chi connectivity index (χ1v) is 16.0. The highest BCUT2D eigenvalue weighted by Gasteiger charge is 2.33. The first-order chi connectivity index (χ1) is 19.7. The van der Waals surface area contributed by atoms with Crippen LogP contribution in [0.2, 0.25) is 0 Å². The number of sulfonamides is 1. The minimum absolute atomic E-state index is 0.0354. The van der Waals surface area contributed by atoms with Crippen molar-refractivity contribution in [3.05, 3.63) is 95.6 Å². The number of amides is 1. The summed E-state index contributed by atoms with van der Waals surface area (Å²) < 4.78 is 28.0. The molecule has 0 spiro atoms. The predicted molar refractivity (Wildman–Crippen MR) is 166 cm³/mol. The maximum Gasteiger partial charge on any atom is 0.251 e. The first-order valence-electron chi connectivity index (χ1n) is 14.4. The quantitative estimate of drug-likeness (QED) is 0.257. The maximum absolute atomic E-state index is 13.7. The number of rotatable bonds is 12. The van der Waals surface area contributed by atoms with E-state index in [1.807, 2.05) is 81.4 Å². The highest BCUT2D eigenvalue weighted by molar-refractivity contribution is 7.92. The van der Waals surface area contributed by atoms with Gasteiger partial charge in [-0.05, 0) is 49.1 Å². The van der Waals surface area contributed by atoms with Crippen LogP contribution in [0, 0.1) is 0 Å². The van der Waals surface area contributed by atoms with Crippen molar-refractivity contribution in [3.8, 4) is 0 Å². The number of benzene rings is 3. The zero-order valence-electron chi connectivity index (χ0n) is 24.1. The van der Waals surface area contributed by atoms with E-state index in [4.69, 9.17) is 0 Å². The van der Waals surface area contributed by atoms with Crippen LogP contribution in [-0.4, -0.2) is 63.0 Å². The molecule has 0 radical (unpaired) electrons. The fraction of sp³-hybridized carbons (Fsp3) is 0.406. The molecule has 0 aromatic heterocycles. The predicted octanol–water partition coefficient (Wildman–Crippen LogP) is 4.14. The summed E-state index contributed by atoms with van der Waals surface area (Å²) in [5.41, 5.74) is 3.54. The number of hydrogen-bond donors (Lipinski definition) is 4. The van der Waals surface area contributed by atoms with Gasteiger partial charge in [0.2, 0.25) is 10.0 Å². The summed E-state index contributed by atoms with van der Waals surface area (Å²) in [6.45, 7) is 7.19. The fourth-order valence-electron chi connectivity index (χ4n) is 5.16. The van der Waals surface area contributed by atoms with Crippen LogP contribution < -0.4 is 20.3 Å². The van der Waals surface area contributed by atoms with Crippen molar-refractivity contribution in [3.63, 3.8) is 0 Å². The van der Waals surface area contributed by atoms with E-state index in [0.29, 0.717) is 49.4 Å². The second-order valence-electron chi connectivity index (χ2n) is 10.9. The molecule has 1 unspecified atom stereocenters. The Labute approximate surface area is 244 Å². The minimum atomic E-state index is -3.56. The smallest absolute Gasteiger partial charge is 0.251 e. The van der Waals surface area contributed by atoms with Gasteiger partial charge in [0, 0.05) is 42.8 Å². The van der Waals surface area contributed by atoms with E-state index in [1.54, 1.807) is 18.2 Å². The van der Waals surface area contributed by atoms with Crippen LogP contribution in [-0.2, 0) is 16.4 Å². The highest BCUT2D eigenvalue weighted by Crippen LogP contribution is 2.34. The van der Waals surface area contributed by atoms with Gasteiger partial charge < -0.3 is 21.1 Å². The SMILES string of the molecule is CCNc1cc(C(=O)N[C@@H](Cc2ccccc2)[C@H](O)CNC(C)C)cc(N2CC(c3ccccc3)CCS2(=O)=O)c1. The molecule has 1 fully saturated rings. The summed E-state index contributed by atoms with van der Waals surface area (Å²) >= 11 is 0. The average Bonchev–Trinajstić information content (AvgIpc) is 2.96. The van der Waals surface area contributed by atoms with Crippen LogP contribution in [0.25, 0.3) is 0 Å². The summed E-state index contributed by atoms with van der Waals surface area (Å²) in [5.74, 6) is -0.281. The van der Waals surface area contributed by atoms with E-state index in [9.17, 15) is 18.3 Å². The van der Waals surface area contributed by atoms with Crippen LogP contribution in [0.15, 0.2) is 78.9 Å². The first kappa shape index (κ1) is 30.6. The molecule has 1 amide bonds. The third-order valence-electron chi connectivity index (χ3n) is 7.38. The molecule has 9 heteroatoms. The molecule has 4 N–H and O–H groups in total. The van der Waals surface area contributed by atoms with Gasteiger partial charge in [-0.25, -0.2) is 8.42 Å². The zero-order chi connectivity index (χ0) is 29.4. The Bertz CT molecular complexity index is 1380. The lowest BCUT2D eigenvalue weighted by Crippen LogP contribution is -2.49. The van der Waals surface area contributed by atoms with E-state index in [1.165, 1.54) is 4.31 Å². The van der Waals surface area contributed by atoms with Gasteiger partial charge in [0.15, 0.2) is 0 Å². The van der Waals surface area contributed by atoms with E-state index >= 15 is 0 Å². The number of aliphatic hydroxyl groups is 1. The molecule has 1 aliphatic rings. The van der Waals surface area contributed by atoms with E-state index in [0.717, 1.165) is 11.1 Å². The Morgan fingerprint density at radius 1 is 1.02 bits per heavy atom. The van der Waals surface area contributed by atoms with Gasteiger partial charge in [-0.1, -0.05) is 74.5 Å². The molecule has 3 aromatic carbocycles.